The number of fused-ring (bicyclic) bond motifs is 1. The second-order valence-corrected chi connectivity index (χ2v) is 6.05. The highest BCUT2D eigenvalue weighted by Crippen LogP contribution is 2.36. The summed E-state index contributed by atoms with van der Waals surface area (Å²) in [5.74, 6) is 0.289. The fourth-order valence-electron chi connectivity index (χ4n) is 3.25. The fourth-order valence-corrected chi connectivity index (χ4v) is 3.25. The zero-order valence-electron chi connectivity index (χ0n) is 13.8. The number of H-pyrrole nitrogens is 1. The standard InChI is InChI=1S/C19H18FN3O2/c1-25-18-5-4-13(20)9-15(18)14-6-7-21-19-16(14)10-17(22-19)12-3-2-8-23(24)11-12/h3-7,9-10,24H,2,8,11H2,1H3,(H,21,22). The third-order valence-electron chi connectivity index (χ3n) is 4.46. The number of hydroxylamine groups is 2. The smallest absolute Gasteiger partial charge is 0.138 e. The zero-order chi connectivity index (χ0) is 17.4. The first-order valence-corrected chi connectivity index (χ1v) is 8.10. The van der Waals surface area contributed by atoms with Gasteiger partial charge in [0, 0.05) is 29.4 Å². The minimum Gasteiger partial charge on any atom is -0.496 e. The summed E-state index contributed by atoms with van der Waals surface area (Å²) in [4.78, 5) is 7.68. The van der Waals surface area contributed by atoms with Crippen molar-refractivity contribution in [3.8, 4) is 16.9 Å². The Balaban J connectivity index is 1.86. The van der Waals surface area contributed by atoms with E-state index < -0.39 is 0 Å². The first kappa shape index (κ1) is 15.8. The van der Waals surface area contributed by atoms with E-state index in [9.17, 15) is 9.60 Å². The largest absolute Gasteiger partial charge is 0.496 e. The van der Waals surface area contributed by atoms with Crippen molar-refractivity contribution < 1.29 is 14.3 Å². The second kappa shape index (κ2) is 6.31. The number of nitrogens with zero attached hydrogens (tertiary/aromatic N) is 2. The molecule has 3 heterocycles. The van der Waals surface area contributed by atoms with Gasteiger partial charge in [-0.1, -0.05) is 6.08 Å². The van der Waals surface area contributed by atoms with Gasteiger partial charge in [-0.3, -0.25) is 0 Å². The molecule has 2 aromatic heterocycles. The SMILES string of the molecule is COc1ccc(F)cc1-c1ccnc2[nH]c(C3=CCCN(O)C3)cc12. The Morgan fingerprint density at radius 3 is 2.92 bits per heavy atom. The molecular formula is C19H18FN3O2. The zero-order valence-corrected chi connectivity index (χ0v) is 13.8. The quantitative estimate of drug-likeness (QED) is 0.761. The maximum absolute atomic E-state index is 13.8. The van der Waals surface area contributed by atoms with Gasteiger partial charge in [0.1, 0.15) is 17.2 Å². The summed E-state index contributed by atoms with van der Waals surface area (Å²) in [5, 5.41) is 11.9. The molecule has 0 amide bonds. The van der Waals surface area contributed by atoms with E-state index in [4.69, 9.17) is 4.74 Å². The third kappa shape index (κ3) is 2.90. The molecule has 128 valence electrons. The van der Waals surface area contributed by atoms with Crippen LogP contribution < -0.4 is 4.74 Å². The number of hydrogen-bond donors (Lipinski definition) is 2. The van der Waals surface area contributed by atoms with Gasteiger partial charge in [-0.2, -0.15) is 5.06 Å². The lowest BCUT2D eigenvalue weighted by Crippen LogP contribution is -2.25. The summed E-state index contributed by atoms with van der Waals surface area (Å²) in [6.07, 6.45) is 4.59. The molecule has 25 heavy (non-hydrogen) atoms. The maximum Gasteiger partial charge on any atom is 0.138 e. The van der Waals surface area contributed by atoms with Crippen LogP contribution >= 0.6 is 0 Å². The predicted octanol–water partition coefficient (Wildman–Crippen LogP) is 3.86. The van der Waals surface area contributed by atoms with Crippen molar-refractivity contribution in [3.63, 3.8) is 0 Å². The van der Waals surface area contributed by atoms with E-state index in [1.54, 1.807) is 19.4 Å². The molecule has 5 nitrogen and oxygen atoms in total. The number of halogens is 1. The Labute approximate surface area is 144 Å². The first-order chi connectivity index (χ1) is 12.2. The highest BCUT2D eigenvalue weighted by atomic mass is 19.1. The van der Waals surface area contributed by atoms with Gasteiger partial charge in [0.2, 0.25) is 0 Å². The summed E-state index contributed by atoms with van der Waals surface area (Å²) in [6, 6.07) is 8.32. The molecule has 0 fully saturated rings. The molecule has 2 N–H and O–H groups in total. The molecule has 1 aliphatic heterocycles. The fraction of sp³-hybridized carbons (Fsp3) is 0.211. The number of hydrogen-bond acceptors (Lipinski definition) is 4. The Bertz CT molecular complexity index is 964. The van der Waals surface area contributed by atoms with Crippen molar-refractivity contribution in [2.45, 2.75) is 6.42 Å². The minimum absolute atomic E-state index is 0.317. The number of aromatic nitrogens is 2. The van der Waals surface area contributed by atoms with Crippen LogP contribution in [0.2, 0.25) is 0 Å². The molecule has 0 bridgehead atoms. The summed E-state index contributed by atoms with van der Waals surface area (Å²) in [5.41, 5.74) is 4.17. The number of pyridine rings is 1. The Morgan fingerprint density at radius 2 is 2.12 bits per heavy atom. The molecule has 4 rings (SSSR count). The van der Waals surface area contributed by atoms with Crippen LogP contribution in [-0.2, 0) is 0 Å². The van der Waals surface area contributed by atoms with E-state index in [-0.39, 0.29) is 5.82 Å². The van der Waals surface area contributed by atoms with Crippen LogP contribution in [0.4, 0.5) is 4.39 Å². The van der Waals surface area contributed by atoms with E-state index in [2.05, 4.69) is 16.0 Å². The van der Waals surface area contributed by atoms with Crippen LogP contribution in [0.25, 0.3) is 27.7 Å². The number of benzene rings is 1. The lowest BCUT2D eigenvalue weighted by Gasteiger charge is -2.20. The summed E-state index contributed by atoms with van der Waals surface area (Å²) < 4.78 is 19.2. The van der Waals surface area contributed by atoms with Crippen LogP contribution in [0.5, 0.6) is 5.75 Å². The molecule has 0 spiro atoms. The molecule has 3 aromatic rings. The number of rotatable bonds is 3. The highest BCUT2D eigenvalue weighted by Gasteiger charge is 2.17. The van der Waals surface area contributed by atoms with Gasteiger partial charge < -0.3 is 14.9 Å². The molecule has 6 heteroatoms. The predicted molar refractivity (Wildman–Crippen MR) is 94.0 cm³/mol. The lowest BCUT2D eigenvalue weighted by molar-refractivity contribution is -0.0791. The molecule has 1 aromatic carbocycles. The van der Waals surface area contributed by atoms with E-state index >= 15 is 0 Å². The van der Waals surface area contributed by atoms with Crippen LogP contribution in [0.1, 0.15) is 12.1 Å². The topological polar surface area (TPSA) is 61.4 Å². The minimum atomic E-state index is -0.317. The average molecular weight is 339 g/mol. The normalized spacial score (nSPS) is 15.4. The molecular weight excluding hydrogens is 321 g/mol. The maximum atomic E-state index is 13.8. The van der Waals surface area contributed by atoms with Gasteiger partial charge in [0.15, 0.2) is 0 Å². The van der Waals surface area contributed by atoms with Crippen molar-refractivity contribution in [2.75, 3.05) is 20.2 Å². The molecule has 1 aliphatic rings. The van der Waals surface area contributed by atoms with Crippen molar-refractivity contribution in [2.24, 2.45) is 0 Å². The third-order valence-corrected chi connectivity index (χ3v) is 4.46. The van der Waals surface area contributed by atoms with E-state index in [0.29, 0.717) is 24.4 Å². The molecule has 0 saturated carbocycles. The van der Waals surface area contributed by atoms with Crippen molar-refractivity contribution >= 4 is 16.6 Å². The van der Waals surface area contributed by atoms with Gasteiger partial charge in [-0.05, 0) is 47.9 Å². The van der Waals surface area contributed by atoms with E-state index in [0.717, 1.165) is 34.3 Å². The van der Waals surface area contributed by atoms with Crippen molar-refractivity contribution in [3.05, 3.63) is 54.1 Å². The number of nitrogens with one attached hydrogen (secondary N) is 1. The summed E-state index contributed by atoms with van der Waals surface area (Å²) in [7, 11) is 1.57. The van der Waals surface area contributed by atoms with Gasteiger partial charge in [0.25, 0.3) is 0 Å². The van der Waals surface area contributed by atoms with Gasteiger partial charge in [0.05, 0.1) is 13.7 Å². The molecule has 0 saturated heterocycles. The van der Waals surface area contributed by atoms with Crippen LogP contribution in [0.15, 0.2) is 42.6 Å². The van der Waals surface area contributed by atoms with Gasteiger partial charge in [-0.15, -0.1) is 0 Å². The Morgan fingerprint density at radius 1 is 1.24 bits per heavy atom. The first-order valence-electron chi connectivity index (χ1n) is 8.10. The van der Waals surface area contributed by atoms with Crippen molar-refractivity contribution in [1.82, 2.24) is 15.0 Å². The van der Waals surface area contributed by atoms with Crippen molar-refractivity contribution in [1.29, 1.82) is 0 Å². The molecule has 0 radical (unpaired) electrons. The van der Waals surface area contributed by atoms with Crippen LogP contribution in [0.3, 0.4) is 0 Å². The van der Waals surface area contributed by atoms with E-state index in [1.807, 2.05) is 12.1 Å². The monoisotopic (exact) mass is 339 g/mol. The van der Waals surface area contributed by atoms with Gasteiger partial charge >= 0.3 is 0 Å². The highest BCUT2D eigenvalue weighted by molar-refractivity contribution is 5.96. The van der Waals surface area contributed by atoms with E-state index in [1.165, 1.54) is 17.2 Å². The molecule has 0 atom stereocenters. The molecule has 0 unspecified atom stereocenters. The summed E-state index contributed by atoms with van der Waals surface area (Å²) in [6.45, 7) is 1.10. The number of ether oxygens (including phenoxy) is 1. The van der Waals surface area contributed by atoms with Crippen LogP contribution in [-0.4, -0.2) is 40.4 Å². The Kier molecular flexibility index (Phi) is 3.99. The van der Waals surface area contributed by atoms with Gasteiger partial charge in [-0.25, -0.2) is 9.37 Å². The summed E-state index contributed by atoms with van der Waals surface area (Å²) >= 11 is 0. The van der Waals surface area contributed by atoms with Crippen LogP contribution in [0, 0.1) is 5.82 Å². The average Bonchev–Trinajstić information content (AvgIpc) is 3.06. The molecule has 0 aliphatic carbocycles. The second-order valence-electron chi connectivity index (χ2n) is 6.05. The number of methoxy groups -OCH3 is 1. The Hall–Kier alpha value is -2.70. The lowest BCUT2D eigenvalue weighted by atomic mass is 10.0. The number of aromatic amines is 1.